The fraction of sp³-hybridized carbons (Fsp3) is 0.269. The molecule has 9 N–H and O–H groups in total. The Morgan fingerprint density at radius 2 is 1.74 bits per heavy atom. The van der Waals surface area contributed by atoms with Crippen LogP contribution in [0.5, 0.6) is 5.75 Å². The second-order valence-electron chi connectivity index (χ2n) is 10.1. The van der Waals surface area contributed by atoms with Crippen molar-refractivity contribution in [2.24, 2.45) is 16.5 Å². The fourth-order valence-electron chi connectivity index (χ4n) is 4.90. The summed E-state index contributed by atoms with van der Waals surface area (Å²) in [6.45, 7) is 0.867. The van der Waals surface area contributed by atoms with Crippen molar-refractivity contribution in [2.75, 3.05) is 13.1 Å². The number of hydrogen-bond acceptors (Lipinski definition) is 9. The highest BCUT2D eigenvalue weighted by molar-refractivity contribution is 6.47. The van der Waals surface area contributed by atoms with E-state index >= 15 is 0 Å². The molecule has 3 atom stereocenters. The molecule has 0 spiro atoms. The Kier molecular flexibility index (Phi) is 9.40. The van der Waals surface area contributed by atoms with Gasteiger partial charge in [-0.1, -0.05) is 12.1 Å². The summed E-state index contributed by atoms with van der Waals surface area (Å²) in [6.07, 6.45) is -1.23. The van der Waals surface area contributed by atoms with Crippen LogP contribution in [0.1, 0.15) is 44.8 Å². The standard InChI is InChI=1S/C26H26BF2N7O10/c1-10(32-25(30)31)35-6-7-36(22(39)21(35)38)26(44)34-18(11-2-4-13(23(40)41)15(29)8-11)20(37)33-16-9-12-3-5-14(28)17(24(42)43)19(12)46-27(16)45/h2-5,8,10,16,18,45H,6-7,9H2,1H3,(H,33,37)(H,34,44)(H,40,41)(H,42,43)(H4,30,31,32)/t10?,16-,18?/m0/s1. The number of nitrogens with one attached hydrogen (secondary N) is 2. The lowest BCUT2D eigenvalue weighted by Crippen LogP contribution is -2.61. The maximum absolute atomic E-state index is 14.7. The molecule has 20 heteroatoms. The Labute approximate surface area is 257 Å². The average Bonchev–Trinajstić information content (AvgIpc) is 2.96. The zero-order chi connectivity index (χ0) is 34.0. The molecular weight excluding hydrogens is 619 g/mol. The minimum Gasteiger partial charge on any atom is -0.534 e. The van der Waals surface area contributed by atoms with Crippen molar-refractivity contribution in [3.8, 4) is 5.75 Å². The molecule has 0 radical (unpaired) electrons. The maximum Gasteiger partial charge on any atom is 0.547 e. The van der Waals surface area contributed by atoms with E-state index in [2.05, 4.69) is 15.6 Å². The number of benzene rings is 2. The molecule has 2 aromatic carbocycles. The highest BCUT2D eigenvalue weighted by Crippen LogP contribution is 2.32. The topological polar surface area (TPSA) is 267 Å². The number of nitrogens with two attached hydrogens (primary N) is 2. The van der Waals surface area contributed by atoms with Crippen LogP contribution in [0.3, 0.4) is 0 Å². The van der Waals surface area contributed by atoms with Gasteiger partial charge in [0.25, 0.3) is 0 Å². The molecule has 1 fully saturated rings. The van der Waals surface area contributed by atoms with Crippen LogP contribution in [-0.4, -0.2) is 99.0 Å². The molecular formula is C26H26BF2N7O10. The van der Waals surface area contributed by atoms with Gasteiger partial charge in [-0.2, -0.15) is 0 Å². The SMILES string of the molecule is CC(N=C(N)N)N1CCN(C(=O)NC(C(=O)N[C@H]2Cc3ccc(F)c(C(=O)O)c3OB2O)c2ccc(C(=O)O)c(F)c2)C(=O)C1=O. The van der Waals surface area contributed by atoms with E-state index in [9.17, 15) is 52.8 Å². The van der Waals surface area contributed by atoms with Gasteiger partial charge >= 0.3 is 36.9 Å². The molecule has 2 aliphatic rings. The number of piperazine rings is 1. The summed E-state index contributed by atoms with van der Waals surface area (Å²) in [7, 11) is -1.92. The lowest BCUT2D eigenvalue weighted by molar-refractivity contribution is -0.155. The number of fused-ring (bicyclic) bond motifs is 1. The number of amides is 5. The quantitative estimate of drug-likeness (QED) is 0.0752. The first-order chi connectivity index (χ1) is 21.6. The smallest absolute Gasteiger partial charge is 0.534 e. The molecule has 242 valence electrons. The van der Waals surface area contributed by atoms with Crippen molar-refractivity contribution in [1.82, 2.24) is 20.4 Å². The number of carbonyl (C=O) groups is 6. The normalized spacial score (nSPS) is 17.3. The third-order valence-electron chi connectivity index (χ3n) is 7.13. The lowest BCUT2D eigenvalue weighted by Gasteiger charge is -2.35. The number of imide groups is 1. The summed E-state index contributed by atoms with van der Waals surface area (Å²) in [5, 5.41) is 33.7. The molecule has 0 aromatic heterocycles. The van der Waals surface area contributed by atoms with E-state index in [1.54, 1.807) is 0 Å². The van der Waals surface area contributed by atoms with Gasteiger partial charge in [0, 0.05) is 13.1 Å². The minimum absolute atomic E-state index is 0.101. The van der Waals surface area contributed by atoms with Crippen LogP contribution >= 0.6 is 0 Å². The van der Waals surface area contributed by atoms with Crippen LogP contribution in [0, 0.1) is 11.6 Å². The summed E-state index contributed by atoms with van der Waals surface area (Å²) in [5.74, 6) is -11.4. The zero-order valence-corrected chi connectivity index (χ0v) is 23.8. The van der Waals surface area contributed by atoms with Crippen molar-refractivity contribution in [2.45, 2.75) is 31.5 Å². The van der Waals surface area contributed by atoms with Crippen LogP contribution in [0.2, 0.25) is 0 Å². The summed E-state index contributed by atoms with van der Waals surface area (Å²) in [4.78, 5) is 80.4. The molecule has 0 aliphatic carbocycles. The van der Waals surface area contributed by atoms with Gasteiger partial charge in [-0.25, -0.2) is 28.2 Å². The summed E-state index contributed by atoms with van der Waals surface area (Å²) < 4.78 is 34.0. The number of carbonyl (C=O) groups excluding carboxylic acids is 4. The van der Waals surface area contributed by atoms with Gasteiger partial charge in [0.05, 0.1) is 11.5 Å². The molecule has 1 saturated heterocycles. The van der Waals surface area contributed by atoms with Crippen LogP contribution in [0.25, 0.3) is 0 Å². The van der Waals surface area contributed by atoms with Crippen LogP contribution in [0.15, 0.2) is 35.3 Å². The Balaban J connectivity index is 1.60. The Morgan fingerprint density at radius 3 is 2.35 bits per heavy atom. The number of rotatable bonds is 8. The molecule has 2 heterocycles. The minimum atomic E-state index is -1.92. The second-order valence-corrected chi connectivity index (χ2v) is 10.1. The molecule has 46 heavy (non-hydrogen) atoms. The molecule has 0 saturated carbocycles. The first kappa shape index (κ1) is 33.1. The fourth-order valence-corrected chi connectivity index (χ4v) is 4.90. The number of aromatic carboxylic acids is 2. The van der Waals surface area contributed by atoms with Crippen molar-refractivity contribution < 1.29 is 57.4 Å². The Hall–Kier alpha value is -5.79. The first-order valence-electron chi connectivity index (χ1n) is 13.3. The molecule has 2 aromatic rings. The molecule has 17 nitrogen and oxygen atoms in total. The van der Waals surface area contributed by atoms with Crippen molar-refractivity contribution in [3.05, 3.63) is 64.2 Å². The van der Waals surface area contributed by atoms with Gasteiger partial charge < -0.3 is 46.9 Å². The van der Waals surface area contributed by atoms with Gasteiger partial charge in [-0.3, -0.25) is 19.3 Å². The monoisotopic (exact) mass is 645 g/mol. The van der Waals surface area contributed by atoms with Gasteiger partial charge in [-0.15, -0.1) is 0 Å². The van der Waals surface area contributed by atoms with Crippen LogP contribution in [-0.2, 0) is 20.8 Å². The van der Waals surface area contributed by atoms with Crippen LogP contribution in [0.4, 0.5) is 13.6 Å². The van der Waals surface area contributed by atoms with Gasteiger partial charge in [0.1, 0.15) is 35.2 Å². The summed E-state index contributed by atoms with van der Waals surface area (Å²) in [6, 6.07) is 1.43. The average molecular weight is 645 g/mol. The maximum atomic E-state index is 14.7. The number of carboxylic acids is 2. The van der Waals surface area contributed by atoms with E-state index in [0.717, 1.165) is 23.1 Å². The molecule has 0 bridgehead atoms. The van der Waals surface area contributed by atoms with Gasteiger partial charge in [0.2, 0.25) is 5.91 Å². The van der Waals surface area contributed by atoms with Gasteiger partial charge in [0.15, 0.2) is 5.96 Å². The van der Waals surface area contributed by atoms with E-state index < -0.39 is 89.5 Å². The molecule has 4 rings (SSSR count). The third kappa shape index (κ3) is 6.65. The number of urea groups is 1. The van der Waals surface area contributed by atoms with Gasteiger partial charge in [-0.05, 0) is 42.7 Å². The first-order valence-corrected chi connectivity index (χ1v) is 13.3. The van der Waals surface area contributed by atoms with E-state index in [0.29, 0.717) is 11.0 Å². The number of aliphatic imine (C=N–C) groups is 1. The van der Waals surface area contributed by atoms with Crippen molar-refractivity contribution in [3.63, 3.8) is 0 Å². The van der Waals surface area contributed by atoms with Crippen molar-refractivity contribution >= 4 is 48.8 Å². The zero-order valence-electron chi connectivity index (χ0n) is 23.8. The second kappa shape index (κ2) is 13.1. The molecule has 2 unspecified atom stereocenters. The highest BCUT2D eigenvalue weighted by atomic mass is 19.1. The number of hydrogen-bond donors (Lipinski definition) is 7. The number of halogens is 2. The Morgan fingerprint density at radius 1 is 1.04 bits per heavy atom. The summed E-state index contributed by atoms with van der Waals surface area (Å²) >= 11 is 0. The van der Waals surface area contributed by atoms with Crippen molar-refractivity contribution in [1.29, 1.82) is 0 Å². The summed E-state index contributed by atoms with van der Waals surface area (Å²) in [5.41, 5.74) is 8.86. The van der Waals surface area contributed by atoms with E-state index in [4.69, 9.17) is 16.1 Å². The molecule has 2 aliphatic heterocycles. The number of nitrogens with zero attached hydrogens (tertiary/aromatic N) is 3. The lowest BCUT2D eigenvalue weighted by atomic mass is 9.72. The largest absolute Gasteiger partial charge is 0.547 e. The number of carboxylic acid groups (broad SMARTS) is 2. The number of guanidine groups is 1. The third-order valence-corrected chi connectivity index (χ3v) is 7.13. The highest BCUT2D eigenvalue weighted by Gasteiger charge is 2.42. The Bertz CT molecular complexity index is 1670. The van der Waals surface area contributed by atoms with Crippen LogP contribution < -0.4 is 26.8 Å². The van der Waals surface area contributed by atoms with E-state index in [1.165, 1.54) is 13.0 Å². The van der Waals surface area contributed by atoms with E-state index in [1.807, 2.05) is 0 Å². The predicted molar refractivity (Wildman–Crippen MR) is 151 cm³/mol. The molecule has 5 amide bonds. The van der Waals surface area contributed by atoms with E-state index in [-0.39, 0.29) is 36.6 Å². The predicted octanol–water partition coefficient (Wildman–Crippen LogP) is -1.46.